The van der Waals surface area contributed by atoms with E-state index in [1.165, 1.54) is 6.42 Å². The van der Waals surface area contributed by atoms with Crippen molar-refractivity contribution in [3.63, 3.8) is 0 Å². The Bertz CT molecular complexity index is 782. The average molecular weight is 370 g/mol. The van der Waals surface area contributed by atoms with Gasteiger partial charge in [-0.15, -0.1) is 0 Å². The first-order valence-electron chi connectivity index (χ1n) is 9.60. The largest absolute Gasteiger partial charge is 0.497 e. The van der Waals surface area contributed by atoms with Gasteiger partial charge in [-0.2, -0.15) is 0 Å². The molecular weight excluding hydrogens is 344 g/mol. The van der Waals surface area contributed by atoms with E-state index in [4.69, 9.17) is 13.9 Å². The molecule has 2 aromatic rings. The Morgan fingerprint density at radius 3 is 2.89 bits per heavy atom. The molecule has 2 fully saturated rings. The third-order valence-electron chi connectivity index (χ3n) is 5.22. The summed E-state index contributed by atoms with van der Waals surface area (Å²) in [7, 11) is 1.63. The molecule has 1 amide bonds. The summed E-state index contributed by atoms with van der Waals surface area (Å²) in [5.74, 6) is 2.65. The molecule has 1 unspecified atom stereocenters. The SMILES string of the molecule is COc1cccc(N2CCN(Cc3ccc(C4CCCCO4)o3)CC2=O)c1. The van der Waals surface area contributed by atoms with Crippen molar-refractivity contribution >= 4 is 11.6 Å². The highest BCUT2D eigenvalue weighted by atomic mass is 16.5. The zero-order valence-electron chi connectivity index (χ0n) is 15.7. The summed E-state index contributed by atoms with van der Waals surface area (Å²) in [6.07, 6.45) is 3.41. The van der Waals surface area contributed by atoms with Gasteiger partial charge in [0.2, 0.25) is 5.91 Å². The molecule has 6 nitrogen and oxygen atoms in total. The number of carbonyl (C=O) groups excluding carboxylic acids is 1. The fourth-order valence-corrected chi connectivity index (χ4v) is 3.75. The van der Waals surface area contributed by atoms with Crippen LogP contribution in [0.2, 0.25) is 0 Å². The van der Waals surface area contributed by atoms with Gasteiger partial charge in [-0.25, -0.2) is 0 Å². The number of hydrogen-bond donors (Lipinski definition) is 0. The van der Waals surface area contributed by atoms with Crippen molar-refractivity contribution in [1.29, 1.82) is 0 Å². The number of anilines is 1. The van der Waals surface area contributed by atoms with Crippen LogP contribution in [-0.4, -0.2) is 44.2 Å². The van der Waals surface area contributed by atoms with Crippen molar-refractivity contribution in [2.24, 2.45) is 0 Å². The summed E-state index contributed by atoms with van der Waals surface area (Å²) < 4.78 is 17.0. The number of carbonyl (C=O) groups is 1. The number of nitrogens with zero attached hydrogens (tertiary/aromatic N) is 2. The molecule has 144 valence electrons. The standard InChI is InChI=1S/C21H26N2O4/c1-25-17-6-4-5-16(13-17)23-11-10-22(15-21(23)24)14-18-8-9-20(27-18)19-7-2-3-12-26-19/h4-6,8-9,13,19H,2-3,7,10-12,14-15H2,1H3. The molecular formula is C21H26N2O4. The molecule has 0 radical (unpaired) electrons. The lowest BCUT2D eigenvalue weighted by Gasteiger charge is -2.34. The first-order valence-corrected chi connectivity index (χ1v) is 9.60. The van der Waals surface area contributed by atoms with Crippen LogP contribution < -0.4 is 9.64 Å². The minimum atomic E-state index is 0.0824. The lowest BCUT2D eigenvalue weighted by molar-refractivity contribution is -0.121. The third-order valence-corrected chi connectivity index (χ3v) is 5.22. The van der Waals surface area contributed by atoms with Gasteiger partial charge in [0.25, 0.3) is 0 Å². The second-order valence-corrected chi connectivity index (χ2v) is 7.12. The molecule has 2 aliphatic rings. The maximum Gasteiger partial charge on any atom is 0.241 e. The number of amides is 1. The van der Waals surface area contributed by atoms with Crippen molar-refractivity contribution in [2.75, 3.05) is 38.3 Å². The summed E-state index contributed by atoms with van der Waals surface area (Å²) >= 11 is 0. The first kappa shape index (κ1) is 18.1. The Hall–Kier alpha value is -2.31. The lowest BCUT2D eigenvalue weighted by atomic mass is 10.1. The van der Waals surface area contributed by atoms with Crippen LogP contribution >= 0.6 is 0 Å². The normalized spacial score (nSPS) is 21.4. The monoisotopic (exact) mass is 370 g/mol. The second-order valence-electron chi connectivity index (χ2n) is 7.12. The van der Waals surface area contributed by atoms with E-state index < -0.39 is 0 Å². The smallest absolute Gasteiger partial charge is 0.241 e. The zero-order chi connectivity index (χ0) is 18.6. The Morgan fingerprint density at radius 1 is 1.19 bits per heavy atom. The van der Waals surface area contributed by atoms with Crippen LogP contribution in [0.3, 0.4) is 0 Å². The van der Waals surface area contributed by atoms with E-state index in [1.807, 2.05) is 41.3 Å². The van der Waals surface area contributed by atoms with E-state index in [-0.39, 0.29) is 12.0 Å². The highest BCUT2D eigenvalue weighted by molar-refractivity contribution is 5.95. The summed E-state index contributed by atoms with van der Waals surface area (Å²) in [4.78, 5) is 16.6. The Labute approximate surface area is 159 Å². The van der Waals surface area contributed by atoms with E-state index in [2.05, 4.69) is 4.90 Å². The van der Waals surface area contributed by atoms with Crippen molar-refractivity contribution in [2.45, 2.75) is 31.9 Å². The summed E-state index contributed by atoms with van der Waals surface area (Å²) in [5.41, 5.74) is 0.883. The number of benzene rings is 1. The van der Waals surface area contributed by atoms with E-state index in [0.717, 1.165) is 49.0 Å². The highest BCUT2D eigenvalue weighted by Gasteiger charge is 2.26. The lowest BCUT2D eigenvalue weighted by Crippen LogP contribution is -2.50. The number of ether oxygens (including phenoxy) is 2. The van der Waals surface area contributed by atoms with Crippen LogP contribution in [0.25, 0.3) is 0 Å². The third kappa shape index (κ3) is 4.17. The molecule has 27 heavy (non-hydrogen) atoms. The van der Waals surface area contributed by atoms with Gasteiger partial charge < -0.3 is 18.8 Å². The fourth-order valence-electron chi connectivity index (χ4n) is 3.75. The number of rotatable bonds is 5. The minimum absolute atomic E-state index is 0.0824. The molecule has 4 rings (SSSR count). The summed E-state index contributed by atoms with van der Waals surface area (Å²) in [6.45, 7) is 3.29. The van der Waals surface area contributed by atoms with Crippen LogP contribution in [0.1, 0.15) is 36.9 Å². The van der Waals surface area contributed by atoms with Gasteiger partial charge in [-0.05, 0) is 43.5 Å². The van der Waals surface area contributed by atoms with E-state index in [0.29, 0.717) is 19.6 Å². The van der Waals surface area contributed by atoms with Gasteiger partial charge in [0.1, 0.15) is 23.4 Å². The number of piperazine rings is 1. The summed E-state index contributed by atoms with van der Waals surface area (Å²) in [5, 5.41) is 0. The highest BCUT2D eigenvalue weighted by Crippen LogP contribution is 2.29. The molecule has 0 aliphatic carbocycles. The van der Waals surface area contributed by atoms with Crippen molar-refractivity contribution in [3.8, 4) is 5.75 Å². The first-order chi connectivity index (χ1) is 13.2. The van der Waals surface area contributed by atoms with Gasteiger partial charge >= 0.3 is 0 Å². The van der Waals surface area contributed by atoms with Crippen LogP contribution in [0.4, 0.5) is 5.69 Å². The Balaban J connectivity index is 1.36. The molecule has 1 atom stereocenters. The second kappa shape index (κ2) is 8.15. The molecule has 0 saturated carbocycles. The van der Waals surface area contributed by atoms with E-state index in [1.54, 1.807) is 7.11 Å². The van der Waals surface area contributed by atoms with Crippen molar-refractivity contribution in [3.05, 3.63) is 47.9 Å². The number of methoxy groups -OCH3 is 1. The van der Waals surface area contributed by atoms with Gasteiger partial charge in [0, 0.05) is 31.5 Å². The predicted molar refractivity (Wildman–Crippen MR) is 102 cm³/mol. The Kier molecular flexibility index (Phi) is 5.45. The van der Waals surface area contributed by atoms with Gasteiger partial charge in [0.15, 0.2) is 0 Å². The fraction of sp³-hybridized carbons (Fsp3) is 0.476. The molecule has 6 heteroatoms. The maximum absolute atomic E-state index is 12.6. The molecule has 2 saturated heterocycles. The minimum Gasteiger partial charge on any atom is -0.497 e. The molecule has 1 aromatic heterocycles. The van der Waals surface area contributed by atoms with Crippen molar-refractivity contribution in [1.82, 2.24) is 4.90 Å². The predicted octanol–water partition coefficient (Wildman–Crippen LogP) is 3.38. The molecule has 0 N–H and O–H groups in total. The average Bonchev–Trinajstić information content (AvgIpc) is 3.17. The van der Waals surface area contributed by atoms with Crippen LogP contribution in [0.5, 0.6) is 5.75 Å². The van der Waals surface area contributed by atoms with E-state index in [9.17, 15) is 4.79 Å². The quantitative estimate of drug-likeness (QED) is 0.808. The molecule has 3 heterocycles. The Morgan fingerprint density at radius 2 is 2.11 bits per heavy atom. The van der Waals surface area contributed by atoms with Gasteiger partial charge in [-0.1, -0.05) is 6.07 Å². The maximum atomic E-state index is 12.6. The molecule has 1 aromatic carbocycles. The zero-order valence-corrected chi connectivity index (χ0v) is 15.7. The number of furan rings is 1. The molecule has 0 bridgehead atoms. The summed E-state index contributed by atoms with van der Waals surface area (Å²) in [6, 6.07) is 11.7. The van der Waals surface area contributed by atoms with Crippen molar-refractivity contribution < 1.29 is 18.7 Å². The number of hydrogen-bond acceptors (Lipinski definition) is 5. The van der Waals surface area contributed by atoms with Gasteiger partial charge in [0.05, 0.1) is 20.2 Å². The van der Waals surface area contributed by atoms with Gasteiger partial charge in [-0.3, -0.25) is 9.69 Å². The van der Waals surface area contributed by atoms with E-state index >= 15 is 0 Å². The molecule has 0 spiro atoms. The van der Waals surface area contributed by atoms with Crippen LogP contribution in [0.15, 0.2) is 40.8 Å². The molecule has 2 aliphatic heterocycles. The topological polar surface area (TPSA) is 55.1 Å². The van der Waals surface area contributed by atoms with Crippen LogP contribution in [0, 0.1) is 0 Å². The van der Waals surface area contributed by atoms with Crippen LogP contribution in [-0.2, 0) is 16.1 Å².